The third-order valence-corrected chi connectivity index (χ3v) is 6.48. The van der Waals surface area contributed by atoms with Crippen molar-refractivity contribution in [3.05, 3.63) is 65.2 Å². The Bertz CT molecular complexity index is 1340. The van der Waals surface area contributed by atoms with Gasteiger partial charge in [-0.25, -0.2) is 9.37 Å². The number of nitrogens with zero attached hydrogens (tertiary/aromatic N) is 2. The molecule has 0 spiro atoms. The summed E-state index contributed by atoms with van der Waals surface area (Å²) in [6.07, 6.45) is 1.88. The molecule has 0 amide bonds. The quantitative estimate of drug-likeness (QED) is 0.292. The molecule has 0 fully saturated rings. The maximum absolute atomic E-state index is 14.1. The number of carbonyl (C=O) groups is 2. The SMILES string of the molecule is CCn1cc(-c2csc3c(F)cccc23)nc1C(=O)CCC(=O)c1ccc(OC)c(OC)c1. The van der Waals surface area contributed by atoms with Crippen LogP contribution in [0.15, 0.2) is 48.0 Å². The van der Waals surface area contributed by atoms with Crippen LogP contribution in [0.1, 0.15) is 40.7 Å². The fourth-order valence-electron chi connectivity index (χ4n) is 3.72. The number of hydrogen-bond donors (Lipinski definition) is 0. The Hall–Kier alpha value is -3.52. The van der Waals surface area contributed by atoms with E-state index in [4.69, 9.17) is 9.47 Å². The summed E-state index contributed by atoms with van der Waals surface area (Å²) in [5, 5.41) is 2.62. The highest BCUT2D eigenvalue weighted by Gasteiger charge is 2.20. The molecular weight excluding hydrogens is 443 g/mol. The van der Waals surface area contributed by atoms with Gasteiger partial charge >= 0.3 is 0 Å². The molecule has 4 aromatic rings. The van der Waals surface area contributed by atoms with Gasteiger partial charge in [-0.2, -0.15) is 0 Å². The third kappa shape index (κ3) is 4.39. The van der Waals surface area contributed by atoms with E-state index in [1.165, 1.54) is 31.6 Å². The minimum atomic E-state index is -0.274. The Kier molecular flexibility index (Phi) is 6.55. The van der Waals surface area contributed by atoms with Gasteiger partial charge in [0.2, 0.25) is 0 Å². The lowest BCUT2D eigenvalue weighted by molar-refractivity contribution is 0.0909. The second-order valence-corrected chi connectivity index (χ2v) is 8.30. The topological polar surface area (TPSA) is 70.4 Å². The normalized spacial score (nSPS) is 11.0. The number of halogens is 1. The number of hydrogen-bond acceptors (Lipinski definition) is 6. The molecule has 2 aromatic carbocycles. The van der Waals surface area contributed by atoms with Gasteiger partial charge in [0.05, 0.1) is 24.6 Å². The number of aromatic nitrogens is 2. The molecular formula is C25H23FN2O4S. The minimum Gasteiger partial charge on any atom is -0.493 e. The number of thiophene rings is 1. The minimum absolute atomic E-state index is 0.0304. The molecule has 0 N–H and O–H groups in total. The number of benzene rings is 2. The van der Waals surface area contributed by atoms with Crippen molar-refractivity contribution in [2.45, 2.75) is 26.3 Å². The monoisotopic (exact) mass is 466 g/mol. The van der Waals surface area contributed by atoms with E-state index in [9.17, 15) is 14.0 Å². The smallest absolute Gasteiger partial charge is 0.198 e. The van der Waals surface area contributed by atoms with Crippen molar-refractivity contribution in [2.24, 2.45) is 0 Å². The number of rotatable bonds is 9. The summed E-state index contributed by atoms with van der Waals surface area (Å²) in [6, 6.07) is 9.86. The van der Waals surface area contributed by atoms with E-state index in [0.717, 1.165) is 10.9 Å². The summed E-state index contributed by atoms with van der Waals surface area (Å²) < 4.78 is 26.9. The molecule has 0 saturated carbocycles. The number of ether oxygens (including phenoxy) is 2. The highest BCUT2D eigenvalue weighted by molar-refractivity contribution is 7.17. The first-order valence-electron chi connectivity index (χ1n) is 10.5. The van der Waals surface area contributed by atoms with Crippen molar-refractivity contribution in [1.82, 2.24) is 9.55 Å². The van der Waals surface area contributed by atoms with Crippen molar-refractivity contribution < 1.29 is 23.5 Å². The summed E-state index contributed by atoms with van der Waals surface area (Å²) in [6.45, 7) is 2.47. The number of carbonyl (C=O) groups excluding carboxylic acids is 2. The van der Waals surface area contributed by atoms with E-state index in [1.807, 2.05) is 18.4 Å². The van der Waals surface area contributed by atoms with Crippen LogP contribution < -0.4 is 9.47 Å². The predicted molar refractivity (Wildman–Crippen MR) is 126 cm³/mol. The molecule has 0 aliphatic rings. The van der Waals surface area contributed by atoms with Crippen molar-refractivity contribution in [2.75, 3.05) is 14.2 Å². The number of imidazole rings is 1. The maximum atomic E-state index is 14.1. The Labute approximate surface area is 194 Å². The molecule has 2 heterocycles. The van der Waals surface area contributed by atoms with Crippen LogP contribution >= 0.6 is 11.3 Å². The standard InChI is InChI=1S/C25H23FN2O4S/c1-4-28-13-19(17-14-33-24-16(17)6-5-7-18(24)26)27-25(28)21(30)10-9-20(29)15-8-11-22(31-2)23(12-15)32-3/h5-8,11-14H,4,9-10H2,1-3H3. The molecule has 0 unspecified atom stereocenters. The molecule has 6 nitrogen and oxygen atoms in total. The van der Waals surface area contributed by atoms with Crippen LogP contribution in [0, 0.1) is 5.82 Å². The lowest BCUT2D eigenvalue weighted by Crippen LogP contribution is -2.11. The van der Waals surface area contributed by atoms with Crippen LogP contribution in [0.4, 0.5) is 4.39 Å². The van der Waals surface area contributed by atoms with E-state index < -0.39 is 0 Å². The molecule has 33 heavy (non-hydrogen) atoms. The Morgan fingerprint density at radius 1 is 1.06 bits per heavy atom. The molecule has 170 valence electrons. The van der Waals surface area contributed by atoms with Gasteiger partial charge in [0, 0.05) is 47.5 Å². The second kappa shape index (κ2) is 9.54. The number of methoxy groups -OCH3 is 2. The van der Waals surface area contributed by atoms with Crippen molar-refractivity contribution >= 4 is 33.0 Å². The van der Waals surface area contributed by atoms with E-state index in [1.54, 1.807) is 35.0 Å². The van der Waals surface area contributed by atoms with E-state index >= 15 is 0 Å². The van der Waals surface area contributed by atoms with Crippen molar-refractivity contribution in [1.29, 1.82) is 0 Å². The average Bonchev–Trinajstić information content (AvgIpc) is 3.46. The summed E-state index contributed by atoms with van der Waals surface area (Å²) in [7, 11) is 3.03. The van der Waals surface area contributed by atoms with Gasteiger partial charge in [0.25, 0.3) is 0 Å². The van der Waals surface area contributed by atoms with Gasteiger partial charge in [-0.15, -0.1) is 11.3 Å². The largest absolute Gasteiger partial charge is 0.493 e. The van der Waals surface area contributed by atoms with Gasteiger partial charge in [0.15, 0.2) is 28.9 Å². The average molecular weight is 467 g/mol. The molecule has 0 radical (unpaired) electrons. The van der Waals surface area contributed by atoms with Gasteiger partial charge < -0.3 is 14.0 Å². The first-order chi connectivity index (χ1) is 16.0. The van der Waals surface area contributed by atoms with Crippen LogP contribution in [-0.4, -0.2) is 35.3 Å². The molecule has 0 atom stereocenters. The zero-order valence-corrected chi connectivity index (χ0v) is 19.4. The Balaban J connectivity index is 1.53. The van der Waals surface area contributed by atoms with Gasteiger partial charge in [0.1, 0.15) is 5.82 Å². The van der Waals surface area contributed by atoms with Crippen molar-refractivity contribution in [3.63, 3.8) is 0 Å². The number of Topliss-reactive ketones (excluding diaryl/α,β-unsaturated/α-hetero) is 2. The third-order valence-electron chi connectivity index (χ3n) is 5.48. The van der Waals surface area contributed by atoms with E-state index in [0.29, 0.717) is 39.8 Å². The highest BCUT2D eigenvalue weighted by Crippen LogP contribution is 2.35. The summed E-state index contributed by atoms with van der Waals surface area (Å²) in [4.78, 5) is 30.2. The predicted octanol–water partition coefficient (Wildman–Crippen LogP) is 5.79. The molecule has 4 rings (SSSR count). The Morgan fingerprint density at radius 2 is 1.82 bits per heavy atom. The highest BCUT2D eigenvalue weighted by atomic mass is 32.1. The molecule has 2 aromatic heterocycles. The van der Waals surface area contributed by atoms with Crippen LogP contribution in [-0.2, 0) is 6.54 Å². The van der Waals surface area contributed by atoms with Crippen LogP contribution in [0.2, 0.25) is 0 Å². The zero-order chi connectivity index (χ0) is 23.5. The van der Waals surface area contributed by atoms with Crippen molar-refractivity contribution in [3.8, 4) is 22.8 Å². The van der Waals surface area contributed by atoms with Gasteiger partial charge in [-0.05, 0) is 31.2 Å². The molecule has 0 aliphatic carbocycles. The first-order valence-corrected chi connectivity index (χ1v) is 11.4. The zero-order valence-electron chi connectivity index (χ0n) is 18.6. The second-order valence-electron chi connectivity index (χ2n) is 7.42. The van der Waals surface area contributed by atoms with Crippen LogP contribution in [0.3, 0.4) is 0 Å². The van der Waals surface area contributed by atoms with Gasteiger partial charge in [-0.3, -0.25) is 9.59 Å². The lowest BCUT2D eigenvalue weighted by atomic mass is 10.0. The fourth-order valence-corrected chi connectivity index (χ4v) is 4.69. The molecule has 0 bridgehead atoms. The van der Waals surface area contributed by atoms with Crippen LogP contribution in [0.25, 0.3) is 21.3 Å². The molecule has 0 saturated heterocycles. The number of aryl methyl sites for hydroxylation is 1. The summed E-state index contributed by atoms with van der Waals surface area (Å²) >= 11 is 1.31. The lowest BCUT2D eigenvalue weighted by Gasteiger charge is -2.09. The van der Waals surface area contributed by atoms with E-state index in [-0.39, 0.29) is 30.2 Å². The van der Waals surface area contributed by atoms with Crippen LogP contribution in [0.5, 0.6) is 11.5 Å². The number of fused-ring (bicyclic) bond motifs is 1. The summed E-state index contributed by atoms with van der Waals surface area (Å²) in [5.41, 5.74) is 1.85. The Morgan fingerprint density at radius 3 is 2.55 bits per heavy atom. The van der Waals surface area contributed by atoms with E-state index in [2.05, 4.69) is 4.98 Å². The first kappa shape index (κ1) is 22.7. The number of ketones is 2. The summed E-state index contributed by atoms with van der Waals surface area (Å²) in [5.74, 6) is 0.622. The molecule has 8 heteroatoms. The maximum Gasteiger partial charge on any atom is 0.198 e. The van der Waals surface area contributed by atoms with Gasteiger partial charge in [-0.1, -0.05) is 12.1 Å². The molecule has 0 aliphatic heterocycles. The fraction of sp³-hybridized carbons (Fsp3) is 0.240.